The van der Waals surface area contributed by atoms with Gasteiger partial charge in [0.05, 0.1) is 16.4 Å². The van der Waals surface area contributed by atoms with E-state index in [2.05, 4.69) is 21.6 Å². The standard InChI is InChI=1S/C22H16FN3OS2/c23-18-6-2-1-5-17(18)13-24-26-21(27)16-11-9-15(10-12-16)14-28-22-25-19-7-3-4-8-20(19)29-22/h1-13H,14H2,(H,26,27)/b24-13+. The molecule has 3 aromatic carbocycles. The number of para-hydroxylation sites is 1. The SMILES string of the molecule is O=C(N/N=C/c1ccccc1F)c1ccc(CSc2nc3ccccc3s2)cc1. The lowest BCUT2D eigenvalue weighted by Crippen LogP contribution is -2.17. The van der Waals surface area contributed by atoms with Crippen LogP contribution in [0.25, 0.3) is 10.2 Å². The highest BCUT2D eigenvalue weighted by atomic mass is 32.2. The maximum absolute atomic E-state index is 13.5. The number of nitrogens with one attached hydrogen (secondary N) is 1. The molecule has 1 aromatic heterocycles. The molecule has 29 heavy (non-hydrogen) atoms. The number of amides is 1. The fourth-order valence-corrected chi connectivity index (χ4v) is 4.64. The second-order valence-electron chi connectivity index (χ2n) is 6.15. The number of benzene rings is 3. The summed E-state index contributed by atoms with van der Waals surface area (Å²) < 4.78 is 15.7. The minimum atomic E-state index is -0.388. The Labute approximate surface area is 175 Å². The van der Waals surface area contributed by atoms with Crippen molar-refractivity contribution in [2.45, 2.75) is 10.1 Å². The highest BCUT2D eigenvalue weighted by Gasteiger charge is 2.07. The summed E-state index contributed by atoms with van der Waals surface area (Å²) in [6, 6.07) is 21.6. The predicted molar refractivity (Wildman–Crippen MR) is 117 cm³/mol. The van der Waals surface area contributed by atoms with Crippen molar-refractivity contribution in [1.82, 2.24) is 10.4 Å². The molecule has 0 aliphatic carbocycles. The van der Waals surface area contributed by atoms with E-state index in [0.717, 1.165) is 21.2 Å². The molecular weight excluding hydrogens is 405 g/mol. The molecule has 0 aliphatic rings. The van der Waals surface area contributed by atoms with Crippen molar-refractivity contribution in [3.05, 3.63) is 95.3 Å². The average molecular weight is 422 g/mol. The average Bonchev–Trinajstić information content (AvgIpc) is 3.17. The van der Waals surface area contributed by atoms with Gasteiger partial charge in [0.2, 0.25) is 0 Å². The Morgan fingerprint density at radius 3 is 2.62 bits per heavy atom. The largest absolute Gasteiger partial charge is 0.271 e. The first-order chi connectivity index (χ1) is 14.2. The molecule has 1 heterocycles. The number of thiazole rings is 1. The van der Waals surface area contributed by atoms with Gasteiger partial charge < -0.3 is 0 Å². The van der Waals surface area contributed by atoms with E-state index in [4.69, 9.17) is 0 Å². The van der Waals surface area contributed by atoms with Crippen LogP contribution in [0.15, 0.2) is 82.2 Å². The molecule has 0 radical (unpaired) electrons. The van der Waals surface area contributed by atoms with Crippen LogP contribution in [0.4, 0.5) is 4.39 Å². The Balaban J connectivity index is 1.33. The Morgan fingerprint density at radius 2 is 1.83 bits per heavy atom. The number of carbonyl (C=O) groups is 1. The number of thioether (sulfide) groups is 1. The number of aromatic nitrogens is 1. The molecule has 1 amide bonds. The van der Waals surface area contributed by atoms with Crippen LogP contribution in [0.3, 0.4) is 0 Å². The van der Waals surface area contributed by atoms with Crippen LogP contribution < -0.4 is 5.43 Å². The van der Waals surface area contributed by atoms with Crippen molar-refractivity contribution < 1.29 is 9.18 Å². The number of hydrogen-bond donors (Lipinski definition) is 1. The minimum absolute atomic E-state index is 0.315. The molecule has 0 bridgehead atoms. The van der Waals surface area contributed by atoms with Crippen LogP contribution in [0.2, 0.25) is 0 Å². The molecule has 7 heteroatoms. The number of rotatable bonds is 6. The third kappa shape index (κ3) is 4.88. The Hall–Kier alpha value is -3.03. The van der Waals surface area contributed by atoms with Gasteiger partial charge in [-0.3, -0.25) is 4.79 Å². The number of fused-ring (bicyclic) bond motifs is 1. The number of hydrazone groups is 1. The summed E-state index contributed by atoms with van der Waals surface area (Å²) >= 11 is 3.35. The summed E-state index contributed by atoms with van der Waals surface area (Å²) in [7, 11) is 0. The summed E-state index contributed by atoms with van der Waals surface area (Å²) in [6.45, 7) is 0. The second-order valence-corrected chi connectivity index (χ2v) is 8.41. The van der Waals surface area contributed by atoms with Crippen molar-refractivity contribution in [1.29, 1.82) is 0 Å². The number of carbonyl (C=O) groups excluding carboxylic acids is 1. The van der Waals surface area contributed by atoms with Crippen molar-refractivity contribution in [2.75, 3.05) is 0 Å². The molecule has 4 aromatic rings. The highest BCUT2D eigenvalue weighted by molar-refractivity contribution is 8.00. The van der Waals surface area contributed by atoms with Gasteiger partial charge in [0, 0.05) is 16.9 Å². The van der Waals surface area contributed by atoms with Gasteiger partial charge in [0.15, 0.2) is 4.34 Å². The Bertz CT molecular complexity index is 1140. The summed E-state index contributed by atoms with van der Waals surface area (Å²) in [4.78, 5) is 16.8. The molecule has 1 N–H and O–H groups in total. The highest BCUT2D eigenvalue weighted by Crippen LogP contribution is 2.31. The van der Waals surface area contributed by atoms with E-state index in [0.29, 0.717) is 11.1 Å². The molecule has 4 nitrogen and oxygen atoms in total. The maximum Gasteiger partial charge on any atom is 0.271 e. The smallest absolute Gasteiger partial charge is 0.267 e. The normalized spacial score (nSPS) is 11.2. The third-order valence-corrected chi connectivity index (χ3v) is 6.38. The van der Waals surface area contributed by atoms with Crippen molar-refractivity contribution in [3.8, 4) is 0 Å². The Morgan fingerprint density at radius 1 is 1.07 bits per heavy atom. The molecular formula is C22H16FN3OS2. The van der Waals surface area contributed by atoms with Gasteiger partial charge in [-0.1, -0.05) is 54.2 Å². The lowest BCUT2D eigenvalue weighted by atomic mass is 10.1. The van der Waals surface area contributed by atoms with Gasteiger partial charge >= 0.3 is 0 Å². The first-order valence-corrected chi connectivity index (χ1v) is 10.6. The molecule has 0 atom stereocenters. The van der Waals surface area contributed by atoms with Crippen LogP contribution in [0, 0.1) is 5.82 Å². The van der Waals surface area contributed by atoms with Crippen LogP contribution in [0.1, 0.15) is 21.5 Å². The van der Waals surface area contributed by atoms with Crippen molar-refractivity contribution >= 4 is 45.4 Å². The van der Waals surface area contributed by atoms with Crippen LogP contribution in [-0.2, 0) is 5.75 Å². The van der Waals surface area contributed by atoms with Gasteiger partial charge in [-0.25, -0.2) is 14.8 Å². The quantitative estimate of drug-likeness (QED) is 0.254. The molecule has 4 rings (SSSR count). The van der Waals surface area contributed by atoms with Crippen LogP contribution in [-0.4, -0.2) is 17.1 Å². The number of halogens is 1. The third-order valence-electron chi connectivity index (χ3n) is 4.13. The zero-order valence-corrected chi connectivity index (χ0v) is 16.8. The van der Waals surface area contributed by atoms with E-state index in [9.17, 15) is 9.18 Å². The minimum Gasteiger partial charge on any atom is -0.267 e. The number of hydrogen-bond acceptors (Lipinski definition) is 5. The number of nitrogens with zero attached hydrogens (tertiary/aromatic N) is 2. The molecule has 0 fully saturated rings. The maximum atomic E-state index is 13.5. The molecule has 0 spiro atoms. The molecule has 0 saturated carbocycles. The first kappa shape index (κ1) is 19.3. The topological polar surface area (TPSA) is 54.4 Å². The van der Waals surface area contributed by atoms with Crippen molar-refractivity contribution in [3.63, 3.8) is 0 Å². The Kier molecular flexibility index (Phi) is 5.97. The van der Waals surface area contributed by atoms with Gasteiger partial charge in [0.25, 0.3) is 5.91 Å². The van der Waals surface area contributed by atoms with E-state index < -0.39 is 0 Å². The lowest BCUT2D eigenvalue weighted by Gasteiger charge is -2.03. The molecule has 144 valence electrons. The van der Waals surface area contributed by atoms with Gasteiger partial charge in [-0.15, -0.1) is 11.3 Å². The van der Waals surface area contributed by atoms with E-state index in [1.165, 1.54) is 17.0 Å². The van der Waals surface area contributed by atoms with E-state index in [1.54, 1.807) is 53.4 Å². The van der Waals surface area contributed by atoms with E-state index in [1.807, 2.05) is 30.3 Å². The zero-order valence-electron chi connectivity index (χ0n) is 15.2. The van der Waals surface area contributed by atoms with Crippen LogP contribution in [0.5, 0.6) is 0 Å². The van der Waals surface area contributed by atoms with E-state index in [-0.39, 0.29) is 11.7 Å². The molecule has 0 aliphatic heterocycles. The fourth-order valence-electron chi connectivity index (χ4n) is 2.62. The monoisotopic (exact) mass is 421 g/mol. The van der Waals surface area contributed by atoms with Gasteiger partial charge in [-0.2, -0.15) is 5.10 Å². The zero-order chi connectivity index (χ0) is 20.1. The summed E-state index contributed by atoms with van der Waals surface area (Å²) in [5.74, 6) is 0.0381. The van der Waals surface area contributed by atoms with Crippen molar-refractivity contribution in [2.24, 2.45) is 5.10 Å². The van der Waals surface area contributed by atoms with E-state index >= 15 is 0 Å². The molecule has 0 unspecified atom stereocenters. The first-order valence-electron chi connectivity index (χ1n) is 8.84. The molecule has 0 saturated heterocycles. The van der Waals surface area contributed by atoms with Gasteiger partial charge in [0.1, 0.15) is 5.82 Å². The predicted octanol–water partition coefficient (Wildman–Crippen LogP) is 5.49. The summed E-state index contributed by atoms with van der Waals surface area (Å²) in [5.41, 5.74) is 5.34. The lowest BCUT2D eigenvalue weighted by molar-refractivity contribution is 0.0955. The van der Waals surface area contributed by atoms with Gasteiger partial charge in [-0.05, 0) is 35.9 Å². The fraction of sp³-hybridized carbons (Fsp3) is 0.0455. The second kappa shape index (κ2) is 8.98. The summed E-state index contributed by atoms with van der Waals surface area (Å²) in [5, 5.41) is 3.82. The van der Waals surface area contributed by atoms with Crippen LogP contribution >= 0.6 is 23.1 Å². The summed E-state index contributed by atoms with van der Waals surface area (Å²) in [6.07, 6.45) is 1.29.